The molecule has 0 saturated carbocycles. The van der Waals surface area contributed by atoms with E-state index >= 15 is 0 Å². The van der Waals surface area contributed by atoms with E-state index in [0.29, 0.717) is 24.2 Å². The number of oxime groups is 1. The second-order valence-electron chi connectivity index (χ2n) is 9.62. The van der Waals surface area contributed by atoms with Crippen molar-refractivity contribution < 1.29 is 28.8 Å². The number of hydrogen-bond acceptors (Lipinski definition) is 10. The molecule has 1 saturated heterocycles. The van der Waals surface area contributed by atoms with Crippen molar-refractivity contribution in [2.75, 3.05) is 17.7 Å². The fourth-order valence-corrected chi connectivity index (χ4v) is 6.65. The summed E-state index contributed by atoms with van der Waals surface area (Å²) in [4.78, 5) is 62.3. The van der Waals surface area contributed by atoms with Gasteiger partial charge < -0.3 is 20.2 Å². The number of nitrogens with zero attached hydrogens (tertiary/aromatic N) is 3. The van der Waals surface area contributed by atoms with Crippen LogP contribution in [0.5, 0.6) is 0 Å². The van der Waals surface area contributed by atoms with E-state index in [9.17, 15) is 19.2 Å². The molecule has 3 amide bonds. The average Bonchev–Trinajstić information content (AvgIpc) is 3.52. The van der Waals surface area contributed by atoms with Gasteiger partial charge in [0.15, 0.2) is 16.9 Å². The number of thioether (sulfide) groups is 1. The number of nitrogens with one attached hydrogen (secondary N) is 2. The fourth-order valence-electron chi connectivity index (χ4n) is 4.65. The van der Waals surface area contributed by atoms with Crippen LogP contribution in [-0.2, 0) is 28.8 Å². The fraction of sp³-hybridized carbons (Fsp3) is 0.226. The number of thiazole rings is 1. The predicted molar refractivity (Wildman–Crippen MR) is 168 cm³/mol. The maximum Gasteiger partial charge on any atom is 0.356 e. The van der Waals surface area contributed by atoms with E-state index in [1.165, 1.54) is 16.7 Å². The molecule has 44 heavy (non-hydrogen) atoms. The number of benzene rings is 2. The van der Waals surface area contributed by atoms with E-state index in [0.717, 1.165) is 22.5 Å². The Labute approximate surface area is 262 Å². The number of carbonyl (C=O) groups is 4. The number of rotatable bonds is 13. The van der Waals surface area contributed by atoms with Gasteiger partial charge in [0.25, 0.3) is 11.8 Å². The van der Waals surface area contributed by atoms with Crippen LogP contribution in [0, 0.1) is 0 Å². The maximum atomic E-state index is 13.8. The molecule has 2 aliphatic rings. The summed E-state index contributed by atoms with van der Waals surface area (Å²) in [6.07, 6.45) is 1.98. The van der Waals surface area contributed by atoms with Gasteiger partial charge in [-0.3, -0.25) is 19.3 Å². The number of esters is 1. The van der Waals surface area contributed by atoms with E-state index in [4.69, 9.17) is 9.57 Å². The van der Waals surface area contributed by atoms with E-state index in [1.807, 2.05) is 67.6 Å². The molecular formula is C31H29N5O6S2. The maximum absolute atomic E-state index is 13.8. The van der Waals surface area contributed by atoms with Crippen LogP contribution in [0.25, 0.3) is 0 Å². The SMILES string of the molecule is C=CC1=C(C(=O)OC(c2ccccc2)c2ccccc2)N2C(=O)C(NC(=O)C(=NOCCC)c3csc(NC=O)n3)[C@H]2SC1. The summed E-state index contributed by atoms with van der Waals surface area (Å²) in [6, 6.07) is 17.8. The second kappa shape index (κ2) is 14.1. The van der Waals surface area contributed by atoms with Crippen LogP contribution in [0.4, 0.5) is 5.13 Å². The molecule has 226 valence electrons. The number of fused-ring (bicyclic) bond motifs is 1. The Morgan fingerprint density at radius 2 is 1.84 bits per heavy atom. The minimum atomic E-state index is -0.941. The van der Waals surface area contributed by atoms with Crippen molar-refractivity contribution in [3.8, 4) is 0 Å². The summed E-state index contributed by atoms with van der Waals surface area (Å²) in [6.45, 7) is 6.00. The van der Waals surface area contributed by atoms with Crippen molar-refractivity contribution in [1.82, 2.24) is 15.2 Å². The van der Waals surface area contributed by atoms with Crippen LogP contribution in [0.15, 0.2) is 95.1 Å². The van der Waals surface area contributed by atoms with Gasteiger partial charge in [0.05, 0.1) is 0 Å². The lowest BCUT2D eigenvalue weighted by Gasteiger charge is -2.49. The minimum absolute atomic E-state index is 0.0976. The van der Waals surface area contributed by atoms with Crippen molar-refractivity contribution in [2.24, 2.45) is 5.16 Å². The van der Waals surface area contributed by atoms with Gasteiger partial charge in [-0.05, 0) is 23.1 Å². The Balaban J connectivity index is 1.36. The third kappa shape index (κ3) is 6.43. The molecule has 2 atom stereocenters. The highest BCUT2D eigenvalue weighted by Gasteiger charge is 2.54. The van der Waals surface area contributed by atoms with Crippen molar-refractivity contribution in [3.63, 3.8) is 0 Å². The standard InChI is InChI=1S/C31H29N5O6S2/c1-3-15-41-35-23(22-17-44-31(33-22)32-18-37)27(38)34-24-28(39)36-25(19(4-2)16-43-29(24)36)30(40)42-26(20-11-7-5-8-12-20)21-13-9-6-10-14-21/h4-14,17-18,24,26,29H,2-3,15-16H2,1H3,(H,34,38)(H,32,33,37)/t24?,29-/m1/s1. The molecular weight excluding hydrogens is 603 g/mol. The Bertz CT molecular complexity index is 1570. The Kier molecular flexibility index (Phi) is 9.87. The molecule has 13 heteroatoms. The summed E-state index contributed by atoms with van der Waals surface area (Å²) in [5, 5.41) is 10.4. The summed E-state index contributed by atoms with van der Waals surface area (Å²) >= 11 is 2.50. The normalized spacial score (nSPS) is 17.8. The van der Waals surface area contributed by atoms with Gasteiger partial charge in [-0.15, -0.1) is 23.1 Å². The Morgan fingerprint density at radius 1 is 1.16 bits per heavy atom. The Hall–Kier alpha value is -4.75. The lowest BCUT2D eigenvalue weighted by Crippen LogP contribution is -2.71. The molecule has 0 radical (unpaired) electrons. The molecule has 11 nitrogen and oxygen atoms in total. The topological polar surface area (TPSA) is 139 Å². The van der Waals surface area contributed by atoms with Crippen molar-refractivity contribution in [1.29, 1.82) is 0 Å². The summed E-state index contributed by atoms with van der Waals surface area (Å²) in [5.74, 6) is -1.45. The highest BCUT2D eigenvalue weighted by Crippen LogP contribution is 2.42. The van der Waals surface area contributed by atoms with E-state index in [1.54, 1.807) is 11.5 Å². The second-order valence-corrected chi connectivity index (χ2v) is 11.6. The van der Waals surface area contributed by atoms with E-state index in [2.05, 4.69) is 27.4 Å². The van der Waals surface area contributed by atoms with Crippen LogP contribution in [0.2, 0.25) is 0 Å². The third-order valence-corrected chi connectivity index (χ3v) is 8.82. The van der Waals surface area contributed by atoms with E-state index < -0.39 is 35.3 Å². The van der Waals surface area contributed by atoms with Crippen LogP contribution in [0.3, 0.4) is 0 Å². The first-order chi connectivity index (χ1) is 21.5. The first-order valence-corrected chi connectivity index (χ1v) is 15.7. The van der Waals surface area contributed by atoms with Crippen LogP contribution >= 0.6 is 23.1 Å². The summed E-state index contributed by atoms with van der Waals surface area (Å²) in [5.41, 5.74) is 2.25. The third-order valence-electron chi connectivity index (χ3n) is 6.75. The molecule has 0 spiro atoms. The van der Waals surface area contributed by atoms with Gasteiger partial charge in [0.2, 0.25) is 6.41 Å². The zero-order valence-corrected chi connectivity index (χ0v) is 25.3. The lowest BCUT2D eigenvalue weighted by molar-refractivity contribution is -0.154. The number of carbonyl (C=O) groups excluding carboxylic acids is 4. The number of hydrogen-bond donors (Lipinski definition) is 2. The highest BCUT2D eigenvalue weighted by atomic mass is 32.2. The van der Waals surface area contributed by atoms with Gasteiger partial charge in [-0.1, -0.05) is 85.4 Å². The van der Waals surface area contributed by atoms with Crippen LogP contribution in [0.1, 0.15) is 36.3 Å². The van der Waals surface area contributed by atoms with Crippen molar-refractivity contribution in [2.45, 2.75) is 30.9 Å². The lowest BCUT2D eigenvalue weighted by atomic mass is 10.0. The molecule has 0 bridgehead atoms. The van der Waals surface area contributed by atoms with Gasteiger partial charge in [-0.2, -0.15) is 0 Å². The first kappa shape index (κ1) is 30.7. The molecule has 1 fully saturated rings. The van der Waals surface area contributed by atoms with Gasteiger partial charge in [0, 0.05) is 11.1 Å². The monoisotopic (exact) mass is 631 g/mol. The molecule has 2 aliphatic heterocycles. The van der Waals surface area contributed by atoms with Crippen LogP contribution in [-0.4, -0.2) is 63.6 Å². The number of aromatic nitrogens is 1. The van der Waals surface area contributed by atoms with Gasteiger partial charge in [0.1, 0.15) is 29.4 Å². The number of β-lactam (4-membered cyclic amide) rings is 1. The first-order valence-electron chi connectivity index (χ1n) is 13.7. The van der Waals surface area contributed by atoms with Crippen molar-refractivity contribution in [3.05, 3.63) is 107 Å². The number of allylic oxidation sites excluding steroid dienone is 1. The molecule has 5 rings (SSSR count). The zero-order chi connectivity index (χ0) is 31.1. The average molecular weight is 632 g/mol. The Morgan fingerprint density at radius 3 is 2.45 bits per heavy atom. The molecule has 1 aromatic heterocycles. The summed E-state index contributed by atoms with van der Waals surface area (Å²) in [7, 11) is 0. The van der Waals surface area contributed by atoms with Crippen molar-refractivity contribution >= 4 is 58.1 Å². The molecule has 1 unspecified atom stereocenters. The quantitative estimate of drug-likeness (QED) is 0.0721. The molecule has 2 aromatic carbocycles. The molecule has 0 aliphatic carbocycles. The number of amides is 3. The van der Waals surface area contributed by atoms with Gasteiger partial charge in [-0.25, -0.2) is 9.78 Å². The van der Waals surface area contributed by atoms with E-state index in [-0.39, 0.29) is 28.8 Å². The van der Waals surface area contributed by atoms with Gasteiger partial charge >= 0.3 is 5.97 Å². The number of ether oxygens (including phenoxy) is 1. The molecule has 2 N–H and O–H groups in total. The smallest absolute Gasteiger partial charge is 0.356 e. The number of anilines is 1. The largest absolute Gasteiger partial charge is 0.448 e. The van der Waals surface area contributed by atoms with Crippen LogP contribution < -0.4 is 10.6 Å². The zero-order valence-electron chi connectivity index (χ0n) is 23.7. The highest BCUT2D eigenvalue weighted by molar-refractivity contribution is 8.00. The molecule has 3 aromatic rings. The minimum Gasteiger partial charge on any atom is -0.448 e. The molecule has 3 heterocycles. The summed E-state index contributed by atoms with van der Waals surface area (Å²) < 4.78 is 6.08. The predicted octanol–water partition coefficient (Wildman–Crippen LogP) is 4.01.